The summed E-state index contributed by atoms with van der Waals surface area (Å²) in [6.07, 6.45) is 4.50. The molecule has 5 atom stereocenters. The second kappa shape index (κ2) is 16.7. The summed E-state index contributed by atoms with van der Waals surface area (Å²) in [7, 11) is 1.52. The molecule has 0 radical (unpaired) electrons. The van der Waals surface area contributed by atoms with Gasteiger partial charge in [0.1, 0.15) is 30.2 Å². The van der Waals surface area contributed by atoms with Gasteiger partial charge in [-0.2, -0.15) is 0 Å². The predicted molar refractivity (Wildman–Crippen MR) is 188 cm³/mol. The van der Waals surface area contributed by atoms with Crippen LogP contribution in [-0.4, -0.2) is 92.0 Å². The van der Waals surface area contributed by atoms with Crippen molar-refractivity contribution in [1.82, 2.24) is 15.2 Å². The molecule has 5 rings (SSSR count). The minimum Gasteiger partial charge on any atom is -0.490 e. The second-order valence-corrected chi connectivity index (χ2v) is 14.1. The zero-order valence-electron chi connectivity index (χ0n) is 28.3. The van der Waals surface area contributed by atoms with Crippen molar-refractivity contribution >= 4 is 17.5 Å². The molecular weight excluding hydrogens is 646 g/mol. The number of unbranched alkanes of at least 4 members (excludes halogenated alkanes) is 1. The molecule has 2 aliphatic rings. The summed E-state index contributed by atoms with van der Waals surface area (Å²) in [6.45, 7) is 1.82. The quantitative estimate of drug-likeness (QED) is 0.101. The van der Waals surface area contributed by atoms with E-state index in [0.717, 1.165) is 61.0 Å². The molecule has 10 nitrogen and oxygen atoms in total. The first kappa shape index (κ1) is 37.2. The van der Waals surface area contributed by atoms with E-state index in [1.54, 1.807) is 0 Å². The highest BCUT2D eigenvalue weighted by atomic mass is 35.5. The number of carbonyl (C=O) groups is 1. The number of benzene rings is 2. The number of amides is 1. The maximum atomic E-state index is 12.6. The zero-order chi connectivity index (χ0) is 35.1. The summed E-state index contributed by atoms with van der Waals surface area (Å²) < 4.78 is 6.26. The molecule has 2 saturated carbocycles. The van der Waals surface area contributed by atoms with Gasteiger partial charge in [-0.15, -0.1) is 0 Å². The Morgan fingerprint density at radius 2 is 1.78 bits per heavy atom. The number of pyridine rings is 1. The van der Waals surface area contributed by atoms with Gasteiger partial charge in [-0.05, 0) is 84.9 Å². The van der Waals surface area contributed by atoms with E-state index >= 15 is 0 Å². The molecular formula is C38H50ClN3O7. The smallest absolute Gasteiger partial charge is 0.222 e. The third-order valence-corrected chi connectivity index (χ3v) is 10.2. The molecule has 266 valence electrons. The number of rotatable bonds is 19. The molecule has 1 amide bonds. The van der Waals surface area contributed by atoms with Crippen molar-refractivity contribution in [2.24, 2.45) is 0 Å². The van der Waals surface area contributed by atoms with Crippen LogP contribution in [0.25, 0.3) is 11.1 Å². The summed E-state index contributed by atoms with van der Waals surface area (Å²) in [5, 5.41) is 53.0. The molecule has 0 unspecified atom stereocenters. The Morgan fingerprint density at radius 1 is 1.04 bits per heavy atom. The van der Waals surface area contributed by atoms with Crippen LogP contribution in [-0.2, 0) is 16.9 Å². The molecule has 2 fully saturated rings. The predicted octanol–water partition coefficient (Wildman–Crippen LogP) is 4.28. The zero-order valence-corrected chi connectivity index (χ0v) is 29.1. The SMILES string of the molecule is C[C@@H](CCCCC(=O)N(C)C[C@H](O)[C@@H](O)[C@H](O)[C@H](O)CO)c1ccc(Cl)c(CNC2(c3cnccc3-c3ccccc3OC3CC3)CC2)c1. The minimum absolute atomic E-state index is 0.185. The number of carbonyl (C=O) groups excluding carboxylic acids is 1. The van der Waals surface area contributed by atoms with E-state index in [4.69, 9.17) is 21.4 Å². The molecule has 2 aromatic carbocycles. The fourth-order valence-corrected chi connectivity index (χ4v) is 6.46. The lowest BCUT2D eigenvalue weighted by Gasteiger charge is -2.28. The highest BCUT2D eigenvalue weighted by Crippen LogP contribution is 2.50. The maximum absolute atomic E-state index is 12.6. The van der Waals surface area contributed by atoms with Gasteiger partial charge >= 0.3 is 0 Å². The number of halogens is 1. The Morgan fingerprint density at radius 3 is 2.49 bits per heavy atom. The summed E-state index contributed by atoms with van der Waals surface area (Å²) in [6, 6.07) is 16.5. The Kier molecular flexibility index (Phi) is 12.7. The van der Waals surface area contributed by atoms with E-state index in [2.05, 4.69) is 53.6 Å². The number of ether oxygens (including phenoxy) is 1. The van der Waals surface area contributed by atoms with Crippen molar-refractivity contribution in [1.29, 1.82) is 0 Å². The van der Waals surface area contributed by atoms with Crippen molar-refractivity contribution in [3.05, 3.63) is 82.6 Å². The summed E-state index contributed by atoms with van der Waals surface area (Å²) in [5.41, 5.74) is 5.44. The molecule has 1 heterocycles. The van der Waals surface area contributed by atoms with E-state index in [1.807, 2.05) is 24.5 Å². The molecule has 11 heteroatoms. The number of nitrogens with zero attached hydrogens (tertiary/aromatic N) is 2. The van der Waals surface area contributed by atoms with Crippen LogP contribution in [0, 0.1) is 0 Å². The topological polar surface area (TPSA) is 156 Å². The van der Waals surface area contributed by atoms with Gasteiger partial charge in [0.05, 0.1) is 12.7 Å². The number of nitrogens with one attached hydrogen (secondary N) is 1. The molecule has 6 N–H and O–H groups in total. The molecule has 3 aromatic rings. The van der Waals surface area contributed by atoms with Crippen molar-refractivity contribution in [2.75, 3.05) is 20.2 Å². The minimum atomic E-state index is -1.72. The molecule has 0 saturated heterocycles. The summed E-state index contributed by atoms with van der Waals surface area (Å²) in [5.74, 6) is 0.976. The normalized spacial score (nSPS) is 18.3. The molecule has 0 spiro atoms. The average Bonchev–Trinajstić information content (AvgIpc) is 4.06. The number of hydrogen-bond donors (Lipinski definition) is 6. The standard InChI is InChI=1S/C38H50ClN3O7/c1-24(7-3-6-10-35(46)42(2)22-32(44)36(47)37(48)33(45)23-43)25-11-14-31(39)26(19-25)20-41-38(16-17-38)30-21-40-18-15-28(30)29-8-4-5-9-34(29)49-27-12-13-27/h4-5,8-9,11,14-15,18-19,21,24,27,32-33,36-37,41,43-45,47-48H,3,6-7,10,12-13,16-17,20,22-23H2,1-2H3/t24-,32-,33+,36+,37+/m0/s1. The van der Waals surface area contributed by atoms with Crippen molar-refractivity contribution in [3.63, 3.8) is 0 Å². The fraction of sp³-hybridized carbons (Fsp3) is 0.526. The lowest BCUT2D eigenvalue weighted by Crippen LogP contribution is -2.49. The monoisotopic (exact) mass is 695 g/mol. The third kappa shape index (κ3) is 9.58. The number of aliphatic hydroxyl groups excluding tert-OH is 5. The van der Waals surface area contributed by atoms with Gasteiger partial charge in [0.15, 0.2) is 0 Å². The number of para-hydroxylation sites is 1. The molecule has 1 aromatic heterocycles. The lowest BCUT2D eigenvalue weighted by molar-refractivity contribution is -0.138. The van der Waals surface area contributed by atoms with Crippen LogP contribution in [0.2, 0.25) is 5.02 Å². The van der Waals surface area contributed by atoms with Crippen LogP contribution >= 0.6 is 11.6 Å². The van der Waals surface area contributed by atoms with Crippen LogP contribution in [0.3, 0.4) is 0 Å². The first-order valence-electron chi connectivity index (χ1n) is 17.3. The van der Waals surface area contributed by atoms with Crippen molar-refractivity contribution < 1.29 is 35.1 Å². The fourth-order valence-electron chi connectivity index (χ4n) is 6.27. The maximum Gasteiger partial charge on any atom is 0.222 e. The van der Waals surface area contributed by atoms with Crippen LogP contribution in [0.4, 0.5) is 0 Å². The van der Waals surface area contributed by atoms with E-state index in [-0.39, 0.29) is 30.3 Å². The number of aliphatic hydroxyl groups is 5. The first-order chi connectivity index (χ1) is 23.5. The van der Waals surface area contributed by atoms with Gasteiger partial charge in [-0.25, -0.2) is 0 Å². The van der Waals surface area contributed by atoms with Gasteiger partial charge < -0.3 is 40.5 Å². The van der Waals surface area contributed by atoms with Crippen LogP contribution in [0.1, 0.15) is 80.9 Å². The lowest BCUT2D eigenvalue weighted by atomic mass is 9.93. The van der Waals surface area contributed by atoms with Crippen LogP contribution in [0.15, 0.2) is 60.9 Å². The third-order valence-electron chi connectivity index (χ3n) is 9.83. The van der Waals surface area contributed by atoms with Crippen LogP contribution < -0.4 is 10.1 Å². The van der Waals surface area contributed by atoms with E-state index < -0.39 is 31.0 Å². The number of likely N-dealkylation sites (N-methyl/N-ethyl adjacent to an activating group) is 1. The number of hydrogen-bond acceptors (Lipinski definition) is 9. The summed E-state index contributed by atoms with van der Waals surface area (Å²) in [4.78, 5) is 18.4. The van der Waals surface area contributed by atoms with Gasteiger partial charge in [0.25, 0.3) is 0 Å². The van der Waals surface area contributed by atoms with E-state index in [0.29, 0.717) is 24.1 Å². The Balaban J connectivity index is 1.13. The van der Waals surface area contributed by atoms with Gasteiger partial charge in [0.2, 0.25) is 5.91 Å². The highest BCUT2D eigenvalue weighted by Gasteiger charge is 2.46. The van der Waals surface area contributed by atoms with Gasteiger partial charge in [-0.1, -0.05) is 55.3 Å². The Hall–Kier alpha value is -3.09. The van der Waals surface area contributed by atoms with Crippen molar-refractivity contribution in [2.45, 2.75) is 107 Å². The van der Waals surface area contributed by atoms with Gasteiger partial charge in [-0.3, -0.25) is 9.78 Å². The first-order valence-corrected chi connectivity index (χ1v) is 17.7. The van der Waals surface area contributed by atoms with Gasteiger partial charge in [0, 0.05) is 55.1 Å². The summed E-state index contributed by atoms with van der Waals surface area (Å²) >= 11 is 6.70. The van der Waals surface area contributed by atoms with E-state index in [9.17, 15) is 25.2 Å². The largest absolute Gasteiger partial charge is 0.490 e. The Labute approximate surface area is 293 Å². The molecule has 2 aliphatic carbocycles. The number of aromatic nitrogens is 1. The second-order valence-electron chi connectivity index (χ2n) is 13.7. The highest BCUT2D eigenvalue weighted by molar-refractivity contribution is 6.31. The van der Waals surface area contributed by atoms with E-state index in [1.165, 1.54) is 23.1 Å². The Bertz CT molecular complexity index is 1550. The molecule has 0 bridgehead atoms. The molecule has 49 heavy (non-hydrogen) atoms. The molecule has 0 aliphatic heterocycles. The average molecular weight is 696 g/mol. The van der Waals surface area contributed by atoms with Crippen molar-refractivity contribution in [3.8, 4) is 16.9 Å². The van der Waals surface area contributed by atoms with Crippen LogP contribution in [0.5, 0.6) is 5.75 Å².